The van der Waals surface area contributed by atoms with E-state index in [9.17, 15) is 0 Å². The number of hydrogen-bond donors (Lipinski definition) is 1. The summed E-state index contributed by atoms with van der Waals surface area (Å²) in [6.07, 6.45) is 6.98. The third-order valence-corrected chi connectivity index (χ3v) is 3.24. The molecule has 1 heteroatoms. The Morgan fingerprint density at radius 3 is 2.50 bits per heavy atom. The lowest BCUT2D eigenvalue weighted by molar-refractivity contribution is 0.278. The Kier molecular flexibility index (Phi) is 4.07. The van der Waals surface area contributed by atoms with Crippen LogP contribution in [0.15, 0.2) is 0 Å². The van der Waals surface area contributed by atoms with Gasteiger partial charge in [0.1, 0.15) is 0 Å². The molecule has 1 aliphatic rings. The summed E-state index contributed by atoms with van der Waals surface area (Å²) in [7, 11) is 0. The van der Waals surface area contributed by atoms with Gasteiger partial charge < -0.3 is 5.32 Å². The molecular weight excluding hydrogens is 146 g/mol. The van der Waals surface area contributed by atoms with Crippen LogP contribution in [0.25, 0.3) is 0 Å². The molecule has 3 unspecified atom stereocenters. The summed E-state index contributed by atoms with van der Waals surface area (Å²) in [5, 5.41) is 3.68. The summed E-state index contributed by atoms with van der Waals surface area (Å²) < 4.78 is 0. The first kappa shape index (κ1) is 10.0. The summed E-state index contributed by atoms with van der Waals surface area (Å²) in [5.41, 5.74) is 0. The van der Waals surface area contributed by atoms with Gasteiger partial charge in [0.25, 0.3) is 0 Å². The van der Waals surface area contributed by atoms with Gasteiger partial charge in [-0.15, -0.1) is 0 Å². The fourth-order valence-electron chi connectivity index (χ4n) is 2.33. The van der Waals surface area contributed by atoms with Gasteiger partial charge in [-0.3, -0.25) is 0 Å². The van der Waals surface area contributed by atoms with Crippen LogP contribution in [-0.4, -0.2) is 12.1 Å². The largest absolute Gasteiger partial charge is 0.312 e. The van der Waals surface area contributed by atoms with E-state index in [2.05, 4.69) is 26.1 Å². The second-order valence-electron chi connectivity index (χ2n) is 4.31. The number of nitrogens with one attached hydrogen (secondary N) is 1. The molecule has 0 radical (unpaired) electrons. The molecule has 0 spiro atoms. The minimum atomic E-state index is 0.727. The van der Waals surface area contributed by atoms with Crippen molar-refractivity contribution < 1.29 is 0 Å². The van der Waals surface area contributed by atoms with Crippen molar-refractivity contribution in [3.8, 4) is 0 Å². The van der Waals surface area contributed by atoms with Gasteiger partial charge in [0.15, 0.2) is 0 Å². The second kappa shape index (κ2) is 4.86. The summed E-state index contributed by atoms with van der Waals surface area (Å²) in [6, 6.07) is 1.46. The molecule has 0 aromatic carbocycles. The van der Waals surface area contributed by atoms with Crippen LogP contribution >= 0.6 is 0 Å². The van der Waals surface area contributed by atoms with Crippen LogP contribution in [0.2, 0.25) is 0 Å². The van der Waals surface area contributed by atoms with E-state index in [0.29, 0.717) is 0 Å². The average molecular weight is 169 g/mol. The molecular formula is C11H23N. The Balaban J connectivity index is 2.42. The van der Waals surface area contributed by atoms with Crippen LogP contribution in [0.3, 0.4) is 0 Å². The van der Waals surface area contributed by atoms with E-state index < -0.39 is 0 Å². The standard InChI is InChI=1S/C11H23N/c1-4-11-8-6-5-7-9(2)12-10(11)3/h9-12H,4-8H2,1-3H3. The predicted molar refractivity (Wildman–Crippen MR) is 54.3 cm³/mol. The van der Waals surface area contributed by atoms with Crippen molar-refractivity contribution in [2.45, 2.75) is 65.0 Å². The van der Waals surface area contributed by atoms with E-state index in [0.717, 1.165) is 18.0 Å². The van der Waals surface area contributed by atoms with Gasteiger partial charge in [-0.25, -0.2) is 0 Å². The van der Waals surface area contributed by atoms with Crippen LogP contribution in [0, 0.1) is 5.92 Å². The molecule has 0 saturated carbocycles. The molecule has 1 rings (SSSR count). The number of hydrogen-bond acceptors (Lipinski definition) is 1. The van der Waals surface area contributed by atoms with Gasteiger partial charge in [0.2, 0.25) is 0 Å². The molecule has 72 valence electrons. The highest BCUT2D eigenvalue weighted by Crippen LogP contribution is 2.21. The van der Waals surface area contributed by atoms with E-state index in [4.69, 9.17) is 0 Å². The molecule has 0 amide bonds. The van der Waals surface area contributed by atoms with Gasteiger partial charge >= 0.3 is 0 Å². The quantitative estimate of drug-likeness (QED) is 0.636. The average Bonchev–Trinajstić information content (AvgIpc) is 2.01. The van der Waals surface area contributed by atoms with Crippen molar-refractivity contribution >= 4 is 0 Å². The minimum Gasteiger partial charge on any atom is -0.312 e. The molecule has 1 fully saturated rings. The molecule has 1 aliphatic heterocycles. The fourth-order valence-corrected chi connectivity index (χ4v) is 2.33. The highest BCUT2D eigenvalue weighted by atomic mass is 14.9. The first-order chi connectivity index (χ1) is 5.74. The molecule has 0 aliphatic carbocycles. The van der Waals surface area contributed by atoms with Crippen LogP contribution < -0.4 is 5.32 Å². The predicted octanol–water partition coefficient (Wildman–Crippen LogP) is 2.95. The van der Waals surface area contributed by atoms with Crippen LogP contribution in [-0.2, 0) is 0 Å². The highest BCUT2D eigenvalue weighted by Gasteiger charge is 2.19. The van der Waals surface area contributed by atoms with Gasteiger partial charge in [-0.2, -0.15) is 0 Å². The van der Waals surface area contributed by atoms with Crippen LogP contribution in [0.1, 0.15) is 52.9 Å². The lowest BCUT2D eigenvalue weighted by Crippen LogP contribution is -2.40. The lowest BCUT2D eigenvalue weighted by atomic mass is 9.89. The SMILES string of the molecule is CCC1CCCCC(C)NC1C. The summed E-state index contributed by atoms with van der Waals surface area (Å²) in [6.45, 7) is 6.97. The summed E-state index contributed by atoms with van der Waals surface area (Å²) in [4.78, 5) is 0. The van der Waals surface area contributed by atoms with Crippen molar-refractivity contribution in [1.29, 1.82) is 0 Å². The van der Waals surface area contributed by atoms with Crippen molar-refractivity contribution in [2.24, 2.45) is 5.92 Å². The van der Waals surface area contributed by atoms with Gasteiger partial charge in [0, 0.05) is 12.1 Å². The molecule has 0 aromatic rings. The summed E-state index contributed by atoms with van der Waals surface area (Å²) in [5.74, 6) is 0.910. The first-order valence-corrected chi connectivity index (χ1v) is 5.50. The Labute approximate surface area is 76.9 Å². The summed E-state index contributed by atoms with van der Waals surface area (Å²) >= 11 is 0. The van der Waals surface area contributed by atoms with E-state index in [1.807, 2.05) is 0 Å². The van der Waals surface area contributed by atoms with Crippen molar-refractivity contribution in [3.63, 3.8) is 0 Å². The molecule has 1 N–H and O–H groups in total. The van der Waals surface area contributed by atoms with E-state index in [-0.39, 0.29) is 0 Å². The van der Waals surface area contributed by atoms with Crippen LogP contribution in [0.4, 0.5) is 0 Å². The van der Waals surface area contributed by atoms with Gasteiger partial charge in [-0.1, -0.05) is 26.2 Å². The van der Waals surface area contributed by atoms with Crippen molar-refractivity contribution in [1.82, 2.24) is 5.32 Å². The highest BCUT2D eigenvalue weighted by molar-refractivity contribution is 4.77. The maximum Gasteiger partial charge on any atom is 0.00693 e. The molecule has 12 heavy (non-hydrogen) atoms. The van der Waals surface area contributed by atoms with E-state index in [1.165, 1.54) is 32.1 Å². The molecule has 1 nitrogen and oxygen atoms in total. The first-order valence-electron chi connectivity index (χ1n) is 5.50. The van der Waals surface area contributed by atoms with Crippen LogP contribution in [0.5, 0.6) is 0 Å². The zero-order chi connectivity index (χ0) is 8.97. The third kappa shape index (κ3) is 2.78. The smallest absolute Gasteiger partial charge is 0.00693 e. The lowest BCUT2D eigenvalue weighted by Gasteiger charge is -2.30. The van der Waals surface area contributed by atoms with E-state index in [1.54, 1.807) is 0 Å². The van der Waals surface area contributed by atoms with Gasteiger partial charge in [0.05, 0.1) is 0 Å². The van der Waals surface area contributed by atoms with Crippen molar-refractivity contribution in [2.75, 3.05) is 0 Å². The van der Waals surface area contributed by atoms with Crippen molar-refractivity contribution in [3.05, 3.63) is 0 Å². The normalized spacial score (nSPS) is 38.8. The third-order valence-electron chi connectivity index (χ3n) is 3.24. The zero-order valence-corrected chi connectivity index (χ0v) is 8.77. The molecule has 1 heterocycles. The topological polar surface area (TPSA) is 12.0 Å². The molecule has 0 bridgehead atoms. The molecule has 0 aromatic heterocycles. The number of rotatable bonds is 1. The Bertz CT molecular complexity index is 122. The fraction of sp³-hybridized carbons (Fsp3) is 1.00. The molecule has 3 atom stereocenters. The minimum absolute atomic E-state index is 0.727. The Morgan fingerprint density at radius 1 is 1.17 bits per heavy atom. The zero-order valence-electron chi connectivity index (χ0n) is 8.77. The monoisotopic (exact) mass is 169 g/mol. The maximum atomic E-state index is 3.68. The Hall–Kier alpha value is -0.0400. The Morgan fingerprint density at radius 2 is 1.83 bits per heavy atom. The van der Waals surface area contributed by atoms with Gasteiger partial charge in [-0.05, 0) is 32.6 Å². The maximum absolute atomic E-state index is 3.68. The molecule has 1 saturated heterocycles. The second-order valence-corrected chi connectivity index (χ2v) is 4.31. The van der Waals surface area contributed by atoms with E-state index >= 15 is 0 Å².